The second kappa shape index (κ2) is 10.5. The van der Waals surface area contributed by atoms with Gasteiger partial charge in [-0.25, -0.2) is 8.42 Å². The third-order valence-corrected chi connectivity index (χ3v) is 8.11. The summed E-state index contributed by atoms with van der Waals surface area (Å²) in [4.78, 5) is 19.2. The van der Waals surface area contributed by atoms with Gasteiger partial charge in [-0.3, -0.25) is 13.8 Å². The Kier molecular flexibility index (Phi) is 7.86. The second-order valence-corrected chi connectivity index (χ2v) is 11.0. The molecule has 0 radical (unpaired) electrons. The van der Waals surface area contributed by atoms with Crippen molar-refractivity contribution in [2.75, 3.05) is 33.3 Å². The van der Waals surface area contributed by atoms with Gasteiger partial charge in [0.15, 0.2) is 6.79 Å². The first-order valence-electron chi connectivity index (χ1n) is 11.0. The van der Waals surface area contributed by atoms with E-state index in [0.717, 1.165) is 15.1 Å². The van der Waals surface area contributed by atoms with Gasteiger partial charge in [-0.1, -0.05) is 30.4 Å². The lowest BCUT2D eigenvalue weighted by molar-refractivity contribution is 0.0507. The standard InChI is InChI=1S/C25H32N4O5S/c1-18-10-11-21(34-17-33-6)19(2)23(18)27-24(30)20-12-14-29(15-20)35(31,32)25(3)13-8-7-9-22(25)26-16-28(4)5/h7-16,22H,17H2,1-6H3,(H,27,30). The molecule has 0 spiro atoms. The first kappa shape index (κ1) is 26.2. The first-order chi connectivity index (χ1) is 16.5. The van der Waals surface area contributed by atoms with Crippen molar-refractivity contribution >= 4 is 28.0 Å². The van der Waals surface area contributed by atoms with Crippen LogP contribution in [0.5, 0.6) is 5.75 Å². The maximum Gasteiger partial charge on any atom is 0.257 e. The molecule has 1 amide bonds. The Labute approximate surface area is 206 Å². The molecule has 1 heterocycles. The number of nitrogens with one attached hydrogen (secondary N) is 1. The molecule has 188 valence electrons. The third-order valence-electron chi connectivity index (χ3n) is 5.83. The number of carbonyl (C=O) groups is 1. The molecule has 35 heavy (non-hydrogen) atoms. The number of aromatic nitrogens is 1. The summed E-state index contributed by atoms with van der Waals surface area (Å²) in [5.74, 6) is 0.155. The predicted molar refractivity (Wildman–Crippen MR) is 138 cm³/mol. The molecule has 10 heteroatoms. The van der Waals surface area contributed by atoms with Crippen LogP contribution in [0, 0.1) is 13.8 Å². The molecule has 0 saturated carbocycles. The van der Waals surface area contributed by atoms with E-state index in [1.54, 1.807) is 42.5 Å². The van der Waals surface area contributed by atoms with Crippen LogP contribution in [0.3, 0.4) is 0 Å². The molecule has 0 aliphatic heterocycles. The van der Waals surface area contributed by atoms with Crippen molar-refractivity contribution in [2.45, 2.75) is 31.6 Å². The minimum absolute atomic E-state index is 0.0833. The predicted octanol–water partition coefficient (Wildman–Crippen LogP) is 3.36. The highest BCUT2D eigenvalue weighted by Crippen LogP contribution is 2.32. The Morgan fingerprint density at radius 2 is 2.00 bits per heavy atom. The lowest BCUT2D eigenvalue weighted by Gasteiger charge is -2.32. The summed E-state index contributed by atoms with van der Waals surface area (Å²) in [6.07, 6.45) is 11.1. The number of aliphatic imine (C=N–C) groups is 1. The highest BCUT2D eigenvalue weighted by molar-refractivity contribution is 7.91. The van der Waals surface area contributed by atoms with E-state index in [9.17, 15) is 13.2 Å². The molecule has 0 saturated heterocycles. The van der Waals surface area contributed by atoms with E-state index in [1.165, 1.54) is 25.6 Å². The molecular formula is C25H32N4O5S. The van der Waals surface area contributed by atoms with Crippen LogP contribution in [0.15, 0.2) is 59.9 Å². The number of benzene rings is 1. The fourth-order valence-electron chi connectivity index (χ4n) is 3.72. The quantitative estimate of drug-likeness (QED) is 0.322. The maximum absolute atomic E-state index is 13.6. The van der Waals surface area contributed by atoms with Crippen LogP contribution in [0.2, 0.25) is 0 Å². The van der Waals surface area contributed by atoms with Crippen LogP contribution in [0.25, 0.3) is 0 Å². The molecule has 2 unspecified atom stereocenters. The highest BCUT2D eigenvalue weighted by Gasteiger charge is 2.45. The van der Waals surface area contributed by atoms with Crippen LogP contribution in [-0.4, -0.2) is 68.3 Å². The smallest absolute Gasteiger partial charge is 0.257 e. The molecule has 0 bridgehead atoms. The van der Waals surface area contributed by atoms with Crippen LogP contribution in [0.1, 0.15) is 28.4 Å². The molecule has 1 N–H and O–H groups in total. The van der Waals surface area contributed by atoms with E-state index in [1.807, 2.05) is 40.1 Å². The summed E-state index contributed by atoms with van der Waals surface area (Å²) < 4.78 is 37.6. The van der Waals surface area contributed by atoms with Crippen molar-refractivity contribution in [1.82, 2.24) is 8.87 Å². The van der Waals surface area contributed by atoms with Gasteiger partial charge >= 0.3 is 0 Å². The number of ether oxygens (including phenoxy) is 2. The number of carbonyl (C=O) groups excluding carboxylic acids is 1. The molecule has 1 aromatic carbocycles. The highest BCUT2D eigenvalue weighted by atomic mass is 32.2. The van der Waals surface area contributed by atoms with Gasteiger partial charge in [0.25, 0.3) is 5.91 Å². The zero-order valence-electron chi connectivity index (χ0n) is 20.8. The summed E-state index contributed by atoms with van der Waals surface area (Å²) in [6.45, 7) is 5.41. The van der Waals surface area contributed by atoms with Crippen LogP contribution in [0.4, 0.5) is 5.69 Å². The topological polar surface area (TPSA) is 102 Å². The SMILES string of the molecule is COCOc1ccc(C)c(NC(=O)c2ccn(S(=O)(=O)C3(C)C=CC=CC3N=CN(C)C)c2)c1C. The van der Waals surface area contributed by atoms with Gasteiger partial charge in [-0.2, -0.15) is 0 Å². The lowest BCUT2D eigenvalue weighted by atomic mass is 9.97. The van der Waals surface area contributed by atoms with Crippen molar-refractivity contribution in [3.63, 3.8) is 0 Å². The normalized spacial score (nSPS) is 19.8. The van der Waals surface area contributed by atoms with E-state index >= 15 is 0 Å². The number of rotatable bonds is 9. The number of amides is 1. The summed E-state index contributed by atoms with van der Waals surface area (Å²) >= 11 is 0. The van der Waals surface area contributed by atoms with Crippen LogP contribution in [-0.2, 0) is 14.8 Å². The minimum Gasteiger partial charge on any atom is -0.467 e. The van der Waals surface area contributed by atoms with Crippen LogP contribution >= 0.6 is 0 Å². The summed E-state index contributed by atoms with van der Waals surface area (Å²) in [7, 11) is 1.22. The average molecular weight is 501 g/mol. The van der Waals surface area contributed by atoms with Crippen molar-refractivity contribution in [1.29, 1.82) is 0 Å². The Balaban J connectivity index is 1.88. The second-order valence-electron chi connectivity index (χ2n) is 8.72. The molecule has 2 aromatic rings. The van der Waals surface area contributed by atoms with E-state index < -0.39 is 26.7 Å². The summed E-state index contributed by atoms with van der Waals surface area (Å²) in [5, 5.41) is 2.88. The number of nitrogens with zero attached hydrogens (tertiary/aromatic N) is 3. The number of hydrogen-bond donors (Lipinski definition) is 1. The molecule has 1 aliphatic rings. The monoisotopic (exact) mass is 500 g/mol. The van der Waals surface area contributed by atoms with Crippen molar-refractivity contribution in [3.05, 3.63) is 71.6 Å². The molecule has 1 aromatic heterocycles. The van der Waals surface area contributed by atoms with Gasteiger partial charge < -0.3 is 19.7 Å². The van der Waals surface area contributed by atoms with Gasteiger partial charge in [0.05, 0.1) is 23.6 Å². The minimum atomic E-state index is -3.95. The Hall–Kier alpha value is -3.37. The Morgan fingerprint density at radius 3 is 2.69 bits per heavy atom. The Bertz CT molecular complexity index is 1280. The number of anilines is 1. The molecule has 9 nitrogen and oxygen atoms in total. The van der Waals surface area contributed by atoms with Gasteiger partial charge in [0, 0.05) is 39.2 Å². The van der Waals surface area contributed by atoms with Crippen LogP contribution < -0.4 is 10.1 Å². The number of methoxy groups -OCH3 is 1. The molecular weight excluding hydrogens is 468 g/mol. The fraction of sp³-hybridized carbons (Fsp3) is 0.360. The van der Waals surface area contributed by atoms with E-state index in [2.05, 4.69) is 10.3 Å². The lowest BCUT2D eigenvalue weighted by Crippen LogP contribution is -2.47. The van der Waals surface area contributed by atoms with Gasteiger partial charge in [-0.05, 0) is 38.5 Å². The summed E-state index contributed by atoms with van der Waals surface area (Å²) in [5.41, 5.74) is 2.41. The van der Waals surface area contributed by atoms with E-state index in [4.69, 9.17) is 9.47 Å². The average Bonchev–Trinajstić information content (AvgIpc) is 3.32. The zero-order valence-corrected chi connectivity index (χ0v) is 21.7. The molecule has 2 atom stereocenters. The van der Waals surface area contributed by atoms with Gasteiger partial charge in [-0.15, -0.1) is 0 Å². The number of hydrogen-bond acceptors (Lipinski definition) is 6. The number of aryl methyl sites for hydroxylation is 1. The molecule has 3 rings (SSSR count). The zero-order chi connectivity index (χ0) is 25.8. The van der Waals surface area contributed by atoms with Gasteiger partial charge in [0.1, 0.15) is 10.5 Å². The van der Waals surface area contributed by atoms with Gasteiger partial charge in [0.2, 0.25) is 10.0 Å². The largest absolute Gasteiger partial charge is 0.467 e. The molecule has 1 aliphatic carbocycles. The molecule has 0 fully saturated rings. The van der Waals surface area contributed by atoms with Crippen molar-refractivity contribution < 1.29 is 22.7 Å². The van der Waals surface area contributed by atoms with Crippen molar-refractivity contribution in [2.24, 2.45) is 4.99 Å². The fourth-order valence-corrected chi connectivity index (χ4v) is 5.34. The van der Waals surface area contributed by atoms with E-state index in [-0.39, 0.29) is 12.4 Å². The van der Waals surface area contributed by atoms with E-state index in [0.29, 0.717) is 11.4 Å². The Morgan fingerprint density at radius 1 is 1.26 bits per heavy atom. The maximum atomic E-state index is 13.6. The van der Waals surface area contributed by atoms with Crippen molar-refractivity contribution in [3.8, 4) is 5.75 Å². The third kappa shape index (κ3) is 5.33. The first-order valence-corrected chi connectivity index (χ1v) is 12.5. The summed E-state index contributed by atoms with van der Waals surface area (Å²) in [6, 6.07) is 4.50. The number of allylic oxidation sites excluding steroid dienone is 2.